The Kier molecular flexibility index (Phi) is 5.32. The first-order valence-electron chi connectivity index (χ1n) is 8.37. The van der Waals surface area contributed by atoms with Crippen molar-refractivity contribution in [3.05, 3.63) is 47.0 Å². The van der Waals surface area contributed by atoms with Crippen molar-refractivity contribution < 1.29 is 23.7 Å². The van der Waals surface area contributed by atoms with Gasteiger partial charge >= 0.3 is 0 Å². The molecule has 1 heterocycles. The summed E-state index contributed by atoms with van der Waals surface area (Å²) < 4.78 is 21.3. The smallest absolute Gasteiger partial charge is 0.184 e. The van der Waals surface area contributed by atoms with Crippen molar-refractivity contribution in [3.8, 4) is 23.0 Å². The predicted molar refractivity (Wildman–Crippen MR) is 97.9 cm³/mol. The molecule has 2 aromatic carbocycles. The molecule has 1 unspecified atom stereocenters. The zero-order valence-corrected chi connectivity index (χ0v) is 15.4. The van der Waals surface area contributed by atoms with Gasteiger partial charge in [0.25, 0.3) is 0 Å². The van der Waals surface area contributed by atoms with E-state index in [4.69, 9.17) is 18.9 Å². The SMILES string of the molecule is COc1ccc(C(=O)C2NCCc3cc(OC)c(OC)cc32)cc1OC. The molecule has 0 aromatic heterocycles. The van der Waals surface area contributed by atoms with Crippen LogP contribution in [0, 0.1) is 0 Å². The summed E-state index contributed by atoms with van der Waals surface area (Å²) in [6, 6.07) is 8.58. The summed E-state index contributed by atoms with van der Waals surface area (Å²) in [5.74, 6) is 2.37. The van der Waals surface area contributed by atoms with Crippen LogP contribution in [-0.4, -0.2) is 40.8 Å². The molecule has 0 saturated carbocycles. The van der Waals surface area contributed by atoms with Crippen LogP contribution < -0.4 is 24.3 Å². The first-order chi connectivity index (χ1) is 12.6. The lowest BCUT2D eigenvalue weighted by atomic mass is 9.89. The van der Waals surface area contributed by atoms with Crippen molar-refractivity contribution in [1.82, 2.24) is 5.32 Å². The molecule has 0 fully saturated rings. The minimum absolute atomic E-state index is 0.0286. The Morgan fingerprint density at radius 3 is 2.15 bits per heavy atom. The number of hydrogen-bond acceptors (Lipinski definition) is 6. The van der Waals surface area contributed by atoms with Gasteiger partial charge in [-0.25, -0.2) is 0 Å². The summed E-state index contributed by atoms with van der Waals surface area (Å²) in [5, 5.41) is 3.31. The van der Waals surface area contributed by atoms with E-state index in [1.54, 1.807) is 46.6 Å². The number of ether oxygens (including phenoxy) is 4. The second-order valence-corrected chi connectivity index (χ2v) is 5.98. The molecule has 1 aliphatic rings. The van der Waals surface area contributed by atoms with Crippen molar-refractivity contribution in [2.24, 2.45) is 0 Å². The molecule has 0 saturated heterocycles. The van der Waals surface area contributed by atoms with Crippen molar-refractivity contribution in [3.63, 3.8) is 0 Å². The van der Waals surface area contributed by atoms with E-state index in [9.17, 15) is 4.79 Å². The summed E-state index contributed by atoms with van der Waals surface area (Å²) in [6.07, 6.45) is 0.825. The van der Waals surface area contributed by atoms with E-state index in [1.165, 1.54) is 0 Å². The average molecular weight is 357 g/mol. The fraction of sp³-hybridized carbons (Fsp3) is 0.350. The monoisotopic (exact) mass is 357 g/mol. The maximum absolute atomic E-state index is 13.2. The molecule has 1 N–H and O–H groups in total. The van der Waals surface area contributed by atoms with Crippen molar-refractivity contribution >= 4 is 5.78 Å². The molecule has 0 spiro atoms. The summed E-state index contributed by atoms with van der Waals surface area (Å²) in [4.78, 5) is 13.2. The number of fused-ring (bicyclic) bond motifs is 1. The third-order valence-electron chi connectivity index (χ3n) is 4.63. The molecular formula is C20H23NO5. The molecule has 6 nitrogen and oxygen atoms in total. The number of nitrogens with one attached hydrogen (secondary N) is 1. The van der Waals surface area contributed by atoms with Gasteiger partial charge in [-0.05, 0) is 47.9 Å². The largest absolute Gasteiger partial charge is 0.493 e. The number of rotatable bonds is 6. The van der Waals surface area contributed by atoms with Gasteiger partial charge in [-0.15, -0.1) is 0 Å². The summed E-state index contributed by atoms with van der Waals surface area (Å²) in [6.45, 7) is 0.714. The van der Waals surface area contributed by atoms with E-state index >= 15 is 0 Å². The van der Waals surface area contributed by atoms with Crippen LogP contribution in [0.15, 0.2) is 30.3 Å². The third-order valence-corrected chi connectivity index (χ3v) is 4.63. The van der Waals surface area contributed by atoms with Crippen LogP contribution in [-0.2, 0) is 6.42 Å². The third kappa shape index (κ3) is 3.20. The van der Waals surface area contributed by atoms with Crippen molar-refractivity contribution in [2.45, 2.75) is 12.5 Å². The van der Waals surface area contributed by atoms with Crippen LogP contribution in [0.25, 0.3) is 0 Å². The highest BCUT2D eigenvalue weighted by Gasteiger charge is 2.29. The van der Waals surface area contributed by atoms with E-state index in [1.807, 2.05) is 12.1 Å². The number of carbonyl (C=O) groups excluding carboxylic acids is 1. The minimum atomic E-state index is -0.448. The Bertz CT molecular complexity index is 818. The van der Waals surface area contributed by atoms with Gasteiger partial charge in [0.2, 0.25) is 0 Å². The zero-order chi connectivity index (χ0) is 18.7. The Labute approximate surface area is 153 Å². The van der Waals surface area contributed by atoms with Gasteiger partial charge in [-0.1, -0.05) is 0 Å². The van der Waals surface area contributed by atoms with E-state index < -0.39 is 6.04 Å². The maximum Gasteiger partial charge on any atom is 0.184 e. The molecule has 1 aliphatic heterocycles. The lowest BCUT2D eigenvalue weighted by Crippen LogP contribution is -2.35. The van der Waals surface area contributed by atoms with Gasteiger partial charge in [0, 0.05) is 12.1 Å². The molecule has 0 amide bonds. The molecule has 1 atom stereocenters. The Morgan fingerprint density at radius 1 is 0.885 bits per heavy atom. The summed E-state index contributed by atoms with van der Waals surface area (Å²) in [5.41, 5.74) is 2.55. The molecule has 3 rings (SSSR count). The lowest BCUT2D eigenvalue weighted by Gasteiger charge is -2.27. The minimum Gasteiger partial charge on any atom is -0.493 e. The fourth-order valence-electron chi connectivity index (χ4n) is 3.27. The van der Waals surface area contributed by atoms with Gasteiger partial charge in [-0.2, -0.15) is 0 Å². The Hall–Kier alpha value is -2.73. The maximum atomic E-state index is 13.2. The van der Waals surface area contributed by atoms with E-state index in [0.717, 1.165) is 17.5 Å². The summed E-state index contributed by atoms with van der Waals surface area (Å²) >= 11 is 0. The van der Waals surface area contributed by atoms with Gasteiger partial charge in [-0.3, -0.25) is 4.79 Å². The molecule has 6 heteroatoms. The number of benzene rings is 2. The van der Waals surface area contributed by atoms with Crippen LogP contribution in [0.5, 0.6) is 23.0 Å². The van der Waals surface area contributed by atoms with E-state index in [0.29, 0.717) is 35.1 Å². The molecule has 26 heavy (non-hydrogen) atoms. The fourth-order valence-corrected chi connectivity index (χ4v) is 3.27. The Balaban J connectivity index is 2.00. The molecule has 0 bridgehead atoms. The van der Waals surface area contributed by atoms with Crippen LogP contribution in [0.3, 0.4) is 0 Å². The van der Waals surface area contributed by atoms with Gasteiger partial charge in [0.05, 0.1) is 34.5 Å². The highest BCUT2D eigenvalue weighted by molar-refractivity contribution is 6.01. The predicted octanol–water partition coefficient (Wildman–Crippen LogP) is 2.79. The highest BCUT2D eigenvalue weighted by Crippen LogP contribution is 2.37. The topological polar surface area (TPSA) is 66.0 Å². The number of carbonyl (C=O) groups is 1. The van der Waals surface area contributed by atoms with Crippen molar-refractivity contribution in [1.29, 1.82) is 0 Å². The standard InChI is InChI=1S/C20H23NO5/c1-23-15-6-5-13(10-16(15)24-2)20(22)19-14-11-18(26-4)17(25-3)9-12(14)7-8-21-19/h5-6,9-11,19,21H,7-8H2,1-4H3. The van der Waals surface area contributed by atoms with Crippen LogP contribution in [0.1, 0.15) is 27.5 Å². The second-order valence-electron chi connectivity index (χ2n) is 5.98. The summed E-state index contributed by atoms with van der Waals surface area (Å²) in [7, 11) is 6.32. The van der Waals surface area contributed by atoms with Gasteiger partial charge in [0.1, 0.15) is 0 Å². The average Bonchev–Trinajstić information content (AvgIpc) is 2.70. The number of hydrogen-bond donors (Lipinski definition) is 1. The molecule has 138 valence electrons. The first kappa shape index (κ1) is 18.1. The van der Waals surface area contributed by atoms with Crippen LogP contribution >= 0.6 is 0 Å². The molecular weight excluding hydrogens is 334 g/mol. The number of Topliss-reactive ketones (excluding diaryl/α,β-unsaturated/α-hetero) is 1. The number of methoxy groups -OCH3 is 4. The zero-order valence-electron chi connectivity index (χ0n) is 15.4. The van der Waals surface area contributed by atoms with Crippen LogP contribution in [0.2, 0.25) is 0 Å². The van der Waals surface area contributed by atoms with E-state index in [2.05, 4.69) is 5.32 Å². The van der Waals surface area contributed by atoms with Gasteiger partial charge < -0.3 is 24.3 Å². The Morgan fingerprint density at radius 2 is 1.50 bits per heavy atom. The van der Waals surface area contributed by atoms with E-state index in [-0.39, 0.29) is 5.78 Å². The van der Waals surface area contributed by atoms with Crippen LogP contribution in [0.4, 0.5) is 0 Å². The van der Waals surface area contributed by atoms with Gasteiger partial charge in [0.15, 0.2) is 28.8 Å². The molecule has 0 aliphatic carbocycles. The second kappa shape index (κ2) is 7.66. The number of ketones is 1. The normalized spacial score (nSPS) is 15.8. The lowest BCUT2D eigenvalue weighted by molar-refractivity contribution is 0.0939. The highest BCUT2D eigenvalue weighted by atomic mass is 16.5. The first-order valence-corrected chi connectivity index (χ1v) is 8.37. The van der Waals surface area contributed by atoms with Crippen molar-refractivity contribution in [2.75, 3.05) is 35.0 Å². The molecule has 0 radical (unpaired) electrons. The molecule has 2 aromatic rings. The quantitative estimate of drug-likeness (QED) is 0.802.